The molecule has 0 atom stereocenters. The van der Waals surface area contributed by atoms with Crippen LogP contribution in [0.4, 0.5) is 0 Å². The normalized spacial score (nSPS) is 10.2. The summed E-state index contributed by atoms with van der Waals surface area (Å²) < 4.78 is 4.89. The predicted molar refractivity (Wildman–Crippen MR) is 60.0 cm³/mol. The Morgan fingerprint density at radius 2 is 2.00 bits per heavy atom. The van der Waals surface area contributed by atoms with Gasteiger partial charge in [0.1, 0.15) is 11.5 Å². The number of nitrogens with zero attached hydrogens (tertiary/aromatic N) is 1. The van der Waals surface area contributed by atoms with E-state index in [-0.39, 0.29) is 5.78 Å². The summed E-state index contributed by atoms with van der Waals surface area (Å²) in [7, 11) is 0. The molecule has 0 bridgehead atoms. The van der Waals surface area contributed by atoms with Crippen LogP contribution in [-0.2, 0) is 17.6 Å². The molecular formula is C13H13NO2. The number of hydrogen-bond acceptors (Lipinski definition) is 3. The van der Waals surface area contributed by atoms with Crippen LogP contribution < -0.4 is 0 Å². The maximum atomic E-state index is 11.6. The van der Waals surface area contributed by atoms with Gasteiger partial charge in [-0.1, -0.05) is 35.5 Å². The molecule has 82 valence electrons. The molecule has 0 spiro atoms. The molecule has 3 nitrogen and oxygen atoms in total. The summed E-state index contributed by atoms with van der Waals surface area (Å²) in [6.45, 7) is 0. The fourth-order valence-electron chi connectivity index (χ4n) is 1.54. The zero-order valence-corrected chi connectivity index (χ0v) is 8.93. The second-order valence-corrected chi connectivity index (χ2v) is 3.68. The average molecular weight is 215 g/mol. The van der Waals surface area contributed by atoms with Gasteiger partial charge in [0, 0.05) is 12.5 Å². The first kappa shape index (κ1) is 10.6. The van der Waals surface area contributed by atoms with Crippen molar-refractivity contribution in [3.8, 4) is 0 Å². The molecule has 0 fully saturated rings. The number of rotatable bonds is 5. The first-order chi connectivity index (χ1) is 7.84. The molecule has 0 amide bonds. The van der Waals surface area contributed by atoms with Crippen molar-refractivity contribution in [2.75, 3.05) is 0 Å². The van der Waals surface area contributed by atoms with Crippen molar-refractivity contribution in [3.63, 3.8) is 0 Å². The van der Waals surface area contributed by atoms with Gasteiger partial charge in [0.15, 0.2) is 0 Å². The highest BCUT2D eigenvalue weighted by molar-refractivity contribution is 5.80. The van der Waals surface area contributed by atoms with E-state index < -0.39 is 0 Å². The zero-order chi connectivity index (χ0) is 11.2. The van der Waals surface area contributed by atoms with E-state index in [4.69, 9.17) is 4.52 Å². The molecule has 3 heteroatoms. The lowest BCUT2D eigenvalue weighted by atomic mass is 10.1. The van der Waals surface area contributed by atoms with Crippen LogP contribution in [0.5, 0.6) is 0 Å². The summed E-state index contributed by atoms with van der Waals surface area (Å²) in [6.07, 6.45) is 3.23. The largest absolute Gasteiger partial charge is 0.361 e. The number of carbonyl (C=O) groups is 1. The number of Topliss-reactive ketones (excluding diaryl/α,β-unsaturated/α-hetero) is 1. The highest BCUT2D eigenvalue weighted by atomic mass is 16.5. The average Bonchev–Trinajstić information content (AvgIpc) is 2.81. The van der Waals surface area contributed by atoms with E-state index in [1.165, 1.54) is 5.56 Å². The van der Waals surface area contributed by atoms with Gasteiger partial charge in [0.25, 0.3) is 0 Å². The van der Waals surface area contributed by atoms with E-state index in [2.05, 4.69) is 5.16 Å². The third kappa shape index (κ3) is 3.05. The Morgan fingerprint density at radius 1 is 1.19 bits per heavy atom. The minimum Gasteiger partial charge on any atom is -0.361 e. The van der Waals surface area contributed by atoms with Gasteiger partial charge in [-0.2, -0.15) is 0 Å². The molecule has 16 heavy (non-hydrogen) atoms. The number of ketones is 1. The van der Waals surface area contributed by atoms with Crippen molar-refractivity contribution in [1.82, 2.24) is 5.16 Å². The van der Waals surface area contributed by atoms with Crippen LogP contribution in [0.25, 0.3) is 0 Å². The molecule has 0 aliphatic carbocycles. The van der Waals surface area contributed by atoms with E-state index in [1.54, 1.807) is 12.3 Å². The Labute approximate surface area is 94.1 Å². The van der Waals surface area contributed by atoms with Gasteiger partial charge in [-0.05, 0) is 12.0 Å². The van der Waals surface area contributed by atoms with Gasteiger partial charge in [-0.25, -0.2) is 0 Å². The maximum Gasteiger partial charge on any atom is 0.144 e. The Hall–Kier alpha value is -1.90. The van der Waals surface area contributed by atoms with Crippen LogP contribution >= 0.6 is 0 Å². The molecule has 1 aromatic carbocycles. The summed E-state index contributed by atoms with van der Waals surface area (Å²) in [4.78, 5) is 11.6. The first-order valence-electron chi connectivity index (χ1n) is 5.30. The lowest BCUT2D eigenvalue weighted by Crippen LogP contribution is -2.03. The predicted octanol–water partition coefficient (Wildman–Crippen LogP) is 2.42. The summed E-state index contributed by atoms with van der Waals surface area (Å²) in [5, 5.41) is 3.57. The second kappa shape index (κ2) is 5.26. The van der Waals surface area contributed by atoms with Crippen LogP contribution in [0.1, 0.15) is 17.7 Å². The van der Waals surface area contributed by atoms with Gasteiger partial charge < -0.3 is 4.52 Å². The van der Waals surface area contributed by atoms with E-state index in [0.717, 1.165) is 6.42 Å². The van der Waals surface area contributed by atoms with Crippen LogP contribution in [-0.4, -0.2) is 10.9 Å². The van der Waals surface area contributed by atoms with Crippen molar-refractivity contribution in [2.45, 2.75) is 19.3 Å². The monoisotopic (exact) mass is 215 g/mol. The smallest absolute Gasteiger partial charge is 0.144 e. The standard InChI is InChI=1S/C13H13NO2/c15-12(10-13-8-9-14-16-13)7-6-11-4-2-1-3-5-11/h1-5,8-9H,6-7,10H2. The van der Waals surface area contributed by atoms with Gasteiger partial charge in [0.2, 0.25) is 0 Å². The second-order valence-electron chi connectivity index (χ2n) is 3.68. The van der Waals surface area contributed by atoms with E-state index >= 15 is 0 Å². The lowest BCUT2D eigenvalue weighted by Gasteiger charge is -1.99. The molecule has 0 aliphatic heterocycles. The van der Waals surface area contributed by atoms with Crippen molar-refractivity contribution < 1.29 is 9.32 Å². The van der Waals surface area contributed by atoms with Crippen molar-refractivity contribution in [1.29, 1.82) is 0 Å². The number of hydrogen-bond donors (Lipinski definition) is 0. The van der Waals surface area contributed by atoms with Crippen molar-refractivity contribution in [2.24, 2.45) is 0 Å². The zero-order valence-electron chi connectivity index (χ0n) is 8.93. The highest BCUT2D eigenvalue weighted by Crippen LogP contribution is 2.06. The number of aromatic nitrogens is 1. The Balaban J connectivity index is 1.80. The minimum absolute atomic E-state index is 0.181. The van der Waals surface area contributed by atoms with Gasteiger partial charge >= 0.3 is 0 Å². The van der Waals surface area contributed by atoms with Gasteiger partial charge in [0.05, 0.1) is 12.6 Å². The van der Waals surface area contributed by atoms with E-state index in [9.17, 15) is 4.79 Å². The van der Waals surface area contributed by atoms with Gasteiger partial charge in [-0.15, -0.1) is 0 Å². The SMILES string of the molecule is O=C(CCc1ccccc1)Cc1ccno1. The number of carbonyl (C=O) groups excluding carboxylic acids is 1. The molecule has 1 aromatic heterocycles. The fourth-order valence-corrected chi connectivity index (χ4v) is 1.54. The van der Waals surface area contributed by atoms with Crippen LogP contribution in [0.15, 0.2) is 47.1 Å². The first-order valence-corrected chi connectivity index (χ1v) is 5.30. The Kier molecular flexibility index (Phi) is 3.49. The molecule has 2 rings (SSSR count). The van der Waals surface area contributed by atoms with Crippen molar-refractivity contribution in [3.05, 3.63) is 53.9 Å². The van der Waals surface area contributed by atoms with Gasteiger partial charge in [-0.3, -0.25) is 4.79 Å². The molecule has 0 saturated heterocycles. The third-order valence-electron chi connectivity index (χ3n) is 2.40. The summed E-state index contributed by atoms with van der Waals surface area (Å²) in [6, 6.07) is 11.7. The minimum atomic E-state index is 0.181. The Morgan fingerprint density at radius 3 is 2.69 bits per heavy atom. The third-order valence-corrected chi connectivity index (χ3v) is 2.40. The van der Waals surface area contributed by atoms with Crippen LogP contribution in [0.2, 0.25) is 0 Å². The molecule has 0 N–H and O–H groups in total. The lowest BCUT2D eigenvalue weighted by molar-refractivity contribution is -0.118. The summed E-state index contributed by atoms with van der Waals surface area (Å²) >= 11 is 0. The maximum absolute atomic E-state index is 11.6. The van der Waals surface area contributed by atoms with Crippen molar-refractivity contribution >= 4 is 5.78 Å². The van der Waals surface area contributed by atoms with Crippen LogP contribution in [0, 0.1) is 0 Å². The van der Waals surface area contributed by atoms with E-state index in [0.29, 0.717) is 18.6 Å². The summed E-state index contributed by atoms with van der Waals surface area (Å²) in [5.74, 6) is 0.818. The molecule has 0 radical (unpaired) electrons. The number of aryl methyl sites for hydroxylation is 1. The molecule has 0 unspecified atom stereocenters. The highest BCUT2D eigenvalue weighted by Gasteiger charge is 2.06. The quantitative estimate of drug-likeness (QED) is 0.769. The van der Waals surface area contributed by atoms with E-state index in [1.807, 2.05) is 30.3 Å². The molecule has 2 aromatic rings. The summed E-state index contributed by atoms with van der Waals surface area (Å²) in [5.41, 5.74) is 1.19. The molecular weight excluding hydrogens is 202 g/mol. The topological polar surface area (TPSA) is 43.1 Å². The number of benzene rings is 1. The molecule has 0 saturated carbocycles. The Bertz CT molecular complexity index is 434. The fraction of sp³-hybridized carbons (Fsp3) is 0.231. The molecule has 1 heterocycles. The van der Waals surface area contributed by atoms with Crippen LogP contribution in [0.3, 0.4) is 0 Å². The molecule has 0 aliphatic rings.